The molecule has 0 aliphatic heterocycles. The molecule has 2 aromatic carbocycles. The lowest BCUT2D eigenvalue weighted by atomic mass is 9.88. The molecule has 0 unspecified atom stereocenters. The molecule has 0 fully saturated rings. The third kappa shape index (κ3) is 4.95. The Morgan fingerprint density at radius 1 is 1.15 bits per heavy atom. The van der Waals surface area contributed by atoms with Crippen LogP contribution in [0.4, 0.5) is 4.39 Å². The van der Waals surface area contributed by atoms with Crippen LogP contribution >= 0.6 is 0 Å². The fraction of sp³-hybridized carbons (Fsp3) is 0.263. The fourth-order valence-corrected chi connectivity index (χ4v) is 2.52. The first kappa shape index (κ1) is 20.2. The summed E-state index contributed by atoms with van der Waals surface area (Å²) in [6, 6.07) is 9.10. The highest BCUT2D eigenvalue weighted by Gasteiger charge is 2.36. The zero-order valence-corrected chi connectivity index (χ0v) is 14.6. The molecule has 0 aliphatic rings. The van der Waals surface area contributed by atoms with Crippen LogP contribution in [0.1, 0.15) is 22.3 Å². The van der Waals surface area contributed by atoms with E-state index in [0.717, 1.165) is 19.2 Å². The van der Waals surface area contributed by atoms with Crippen molar-refractivity contribution in [3.05, 3.63) is 59.4 Å². The first-order chi connectivity index (χ1) is 12.8. The minimum absolute atomic E-state index is 0.0955. The van der Waals surface area contributed by atoms with E-state index in [4.69, 9.17) is 15.2 Å². The molecule has 4 N–H and O–H groups in total. The number of hydrogen-bond donors (Lipinski definition) is 3. The lowest BCUT2D eigenvalue weighted by Crippen LogP contribution is -2.51. The highest BCUT2D eigenvalue weighted by Crippen LogP contribution is 2.31. The van der Waals surface area contributed by atoms with Crippen molar-refractivity contribution in [1.82, 2.24) is 0 Å². The molecule has 0 aromatic heterocycles. The summed E-state index contributed by atoms with van der Waals surface area (Å²) in [5.41, 5.74) is 4.94. The SMILES string of the molecule is COC(=O)[C@@](N)(CCOC(=O)c1ccc(F)cc1)Cc1cccc(O)c1O. The summed E-state index contributed by atoms with van der Waals surface area (Å²) < 4.78 is 22.7. The maximum atomic E-state index is 12.9. The summed E-state index contributed by atoms with van der Waals surface area (Å²) in [5, 5.41) is 19.5. The third-order valence-electron chi connectivity index (χ3n) is 4.06. The molecule has 1 atom stereocenters. The van der Waals surface area contributed by atoms with E-state index in [1.807, 2.05) is 0 Å². The van der Waals surface area contributed by atoms with Gasteiger partial charge >= 0.3 is 11.9 Å². The minimum atomic E-state index is -1.59. The Morgan fingerprint density at radius 3 is 2.44 bits per heavy atom. The van der Waals surface area contributed by atoms with Gasteiger partial charge in [0.15, 0.2) is 11.5 Å². The predicted octanol–water partition coefficient (Wildman–Crippen LogP) is 1.90. The number of aromatic hydroxyl groups is 2. The van der Waals surface area contributed by atoms with Crippen molar-refractivity contribution in [1.29, 1.82) is 0 Å². The molecule has 0 saturated carbocycles. The number of rotatable bonds is 7. The van der Waals surface area contributed by atoms with Crippen LogP contribution in [-0.4, -0.2) is 41.4 Å². The molecular formula is C19H20FNO6. The molecule has 0 spiro atoms. The second-order valence-corrected chi connectivity index (χ2v) is 6.00. The van der Waals surface area contributed by atoms with Gasteiger partial charge in [-0.3, -0.25) is 4.79 Å². The third-order valence-corrected chi connectivity index (χ3v) is 4.06. The van der Waals surface area contributed by atoms with Gasteiger partial charge in [0.25, 0.3) is 0 Å². The molecule has 2 rings (SSSR count). The number of methoxy groups -OCH3 is 1. The number of hydrogen-bond acceptors (Lipinski definition) is 7. The smallest absolute Gasteiger partial charge is 0.338 e. The molecular weight excluding hydrogens is 357 g/mol. The summed E-state index contributed by atoms with van der Waals surface area (Å²) in [6.45, 7) is -0.207. The molecule has 0 heterocycles. The molecule has 27 heavy (non-hydrogen) atoms. The Hall–Kier alpha value is -3.13. The Morgan fingerprint density at radius 2 is 1.81 bits per heavy atom. The number of esters is 2. The average Bonchev–Trinajstić information content (AvgIpc) is 2.65. The number of phenolic OH excluding ortho intramolecular Hbond substituents is 2. The van der Waals surface area contributed by atoms with E-state index in [1.54, 1.807) is 0 Å². The maximum Gasteiger partial charge on any atom is 0.338 e. The van der Waals surface area contributed by atoms with Crippen molar-refractivity contribution in [2.75, 3.05) is 13.7 Å². The molecule has 2 aromatic rings. The number of carbonyl (C=O) groups is 2. The average molecular weight is 377 g/mol. The summed E-state index contributed by atoms with van der Waals surface area (Å²) in [4.78, 5) is 24.1. The zero-order valence-electron chi connectivity index (χ0n) is 14.6. The van der Waals surface area contributed by atoms with E-state index in [-0.39, 0.29) is 42.1 Å². The van der Waals surface area contributed by atoms with Crippen LogP contribution in [0.5, 0.6) is 11.5 Å². The van der Waals surface area contributed by atoms with E-state index in [9.17, 15) is 24.2 Å². The molecule has 0 radical (unpaired) electrons. The summed E-state index contributed by atoms with van der Waals surface area (Å²) in [6.07, 6.45) is -0.240. The quantitative estimate of drug-likeness (QED) is 0.498. The normalized spacial score (nSPS) is 12.9. The second-order valence-electron chi connectivity index (χ2n) is 6.00. The Kier molecular flexibility index (Phi) is 6.36. The van der Waals surface area contributed by atoms with Crippen LogP contribution in [0.3, 0.4) is 0 Å². The van der Waals surface area contributed by atoms with E-state index in [0.29, 0.717) is 0 Å². The predicted molar refractivity (Wildman–Crippen MR) is 93.7 cm³/mol. The monoisotopic (exact) mass is 377 g/mol. The highest BCUT2D eigenvalue weighted by atomic mass is 19.1. The van der Waals surface area contributed by atoms with Crippen molar-refractivity contribution in [2.24, 2.45) is 5.73 Å². The van der Waals surface area contributed by atoms with Gasteiger partial charge in [0.2, 0.25) is 0 Å². The van der Waals surface area contributed by atoms with Gasteiger partial charge in [0, 0.05) is 18.4 Å². The number of nitrogens with two attached hydrogens (primary N) is 1. The number of benzene rings is 2. The van der Waals surface area contributed by atoms with Crippen molar-refractivity contribution < 1.29 is 33.7 Å². The van der Waals surface area contributed by atoms with Gasteiger partial charge in [-0.1, -0.05) is 12.1 Å². The maximum absolute atomic E-state index is 12.9. The van der Waals surface area contributed by atoms with Crippen LogP contribution < -0.4 is 5.73 Å². The molecule has 7 nitrogen and oxygen atoms in total. The minimum Gasteiger partial charge on any atom is -0.504 e. The van der Waals surface area contributed by atoms with Crippen LogP contribution in [0.2, 0.25) is 0 Å². The molecule has 0 saturated heterocycles. The highest BCUT2D eigenvalue weighted by molar-refractivity contribution is 5.89. The van der Waals surface area contributed by atoms with E-state index in [2.05, 4.69) is 0 Å². The van der Waals surface area contributed by atoms with Gasteiger partial charge in [0.05, 0.1) is 19.3 Å². The van der Waals surface area contributed by atoms with Crippen molar-refractivity contribution in [2.45, 2.75) is 18.4 Å². The van der Waals surface area contributed by atoms with E-state index < -0.39 is 23.3 Å². The number of phenols is 2. The van der Waals surface area contributed by atoms with E-state index in [1.165, 1.54) is 30.3 Å². The lowest BCUT2D eigenvalue weighted by Gasteiger charge is -2.26. The van der Waals surface area contributed by atoms with Gasteiger partial charge in [-0.15, -0.1) is 0 Å². The van der Waals surface area contributed by atoms with Gasteiger partial charge in [-0.25, -0.2) is 9.18 Å². The molecule has 0 aliphatic carbocycles. The number of ether oxygens (including phenoxy) is 2. The zero-order chi connectivity index (χ0) is 20.0. The first-order valence-corrected chi connectivity index (χ1v) is 8.06. The Balaban J connectivity index is 2.07. The van der Waals surface area contributed by atoms with Crippen molar-refractivity contribution in [3.63, 3.8) is 0 Å². The Bertz CT molecular complexity index is 823. The van der Waals surface area contributed by atoms with Crippen molar-refractivity contribution >= 4 is 11.9 Å². The van der Waals surface area contributed by atoms with Gasteiger partial charge < -0.3 is 25.4 Å². The lowest BCUT2D eigenvalue weighted by molar-refractivity contribution is -0.147. The first-order valence-electron chi connectivity index (χ1n) is 8.06. The van der Waals surface area contributed by atoms with Crippen LogP contribution in [0.15, 0.2) is 42.5 Å². The number of para-hydroxylation sites is 1. The summed E-state index contributed by atoms with van der Waals surface area (Å²) >= 11 is 0. The van der Waals surface area contributed by atoms with E-state index >= 15 is 0 Å². The molecule has 8 heteroatoms. The molecule has 0 amide bonds. The van der Waals surface area contributed by atoms with Gasteiger partial charge in [0.1, 0.15) is 11.4 Å². The topological polar surface area (TPSA) is 119 Å². The van der Waals surface area contributed by atoms with Crippen LogP contribution in [0, 0.1) is 5.82 Å². The number of halogens is 1. The van der Waals surface area contributed by atoms with Gasteiger partial charge in [-0.05, 0) is 30.3 Å². The largest absolute Gasteiger partial charge is 0.504 e. The van der Waals surface area contributed by atoms with Crippen LogP contribution in [0.25, 0.3) is 0 Å². The van der Waals surface area contributed by atoms with Crippen LogP contribution in [-0.2, 0) is 20.7 Å². The van der Waals surface area contributed by atoms with Crippen molar-refractivity contribution in [3.8, 4) is 11.5 Å². The fourth-order valence-electron chi connectivity index (χ4n) is 2.52. The molecule has 0 bridgehead atoms. The summed E-state index contributed by atoms with van der Waals surface area (Å²) in [5.74, 6) is -2.67. The second kappa shape index (κ2) is 8.50. The Labute approximate surface area is 155 Å². The van der Waals surface area contributed by atoms with Gasteiger partial charge in [-0.2, -0.15) is 0 Å². The summed E-state index contributed by atoms with van der Waals surface area (Å²) in [7, 11) is 1.16. The standard InChI is InChI=1S/C19H20FNO6/c1-26-18(25)19(21,11-13-3-2-4-15(22)16(13)23)9-10-27-17(24)12-5-7-14(20)8-6-12/h2-8,22-23H,9-11,21H2,1H3/t19-/m1/s1. The molecule has 144 valence electrons. The number of carbonyl (C=O) groups excluding carboxylic acids is 2.